The topological polar surface area (TPSA) is 44.5 Å². The van der Waals surface area contributed by atoms with E-state index in [4.69, 9.17) is 15.2 Å². The monoisotopic (exact) mass is 241 g/mol. The van der Waals surface area contributed by atoms with Crippen molar-refractivity contribution in [2.24, 2.45) is 5.73 Å². The summed E-state index contributed by atoms with van der Waals surface area (Å²) >= 11 is 0. The zero-order valence-electron chi connectivity index (χ0n) is 10.6. The zero-order chi connectivity index (χ0) is 12.8. The summed E-state index contributed by atoms with van der Waals surface area (Å²) in [6, 6.07) is 2.90. The average Bonchev–Trinajstić information content (AvgIpc) is 2.28. The summed E-state index contributed by atoms with van der Waals surface area (Å²) in [6.07, 6.45) is 0.797. The van der Waals surface area contributed by atoms with E-state index in [1.54, 1.807) is 20.1 Å². The summed E-state index contributed by atoms with van der Waals surface area (Å²) in [5.41, 5.74) is 7.06. The van der Waals surface area contributed by atoms with Gasteiger partial charge in [-0.25, -0.2) is 4.39 Å². The van der Waals surface area contributed by atoms with E-state index in [2.05, 4.69) is 0 Å². The molecule has 0 aliphatic heterocycles. The van der Waals surface area contributed by atoms with Gasteiger partial charge in [-0.15, -0.1) is 0 Å². The molecule has 0 heterocycles. The van der Waals surface area contributed by atoms with Gasteiger partial charge in [0.25, 0.3) is 0 Å². The van der Waals surface area contributed by atoms with E-state index >= 15 is 0 Å². The standard InChI is InChI=1S/C13H20FNO2/c1-9-7-13(17-6-4-5-16-3)11(10(2)15)8-12(9)14/h7-8,10H,4-6,15H2,1-3H3/t10-/m1/s1. The fourth-order valence-electron chi connectivity index (χ4n) is 1.54. The molecule has 0 fully saturated rings. The molecular formula is C13H20FNO2. The molecule has 0 bridgehead atoms. The molecule has 96 valence electrons. The van der Waals surface area contributed by atoms with Gasteiger partial charge in [-0.3, -0.25) is 0 Å². The third kappa shape index (κ3) is 3.98. The Morgan fingerprint density at radius 2 is 2.06 bits per heavy atom. The maximum Gasteiger partial charge on any atom is 0.126 e. The number of nitrogens with two attached hydrogens (primary N) is 1. The van der Waals surface area contributed by atoms with Crippen molar-refractivity contribution >= 4 is 0 Å². The number of halogens is 1. The molecule has 1 aromatic rings. The number of ether oxygens (including phenoxy) is 2. The van der Waals surface area contributed by atoms with Gasteiger partial charge in [-0.05, 0) is 31.5 Å². The first kappa shape index (κ1) is 13.9. The largest absolute Gasteiger partial charge is 0.493 e. The second kappa shape index (κ2) is 6.57. The minimum atomic E-state index is -0.249. The molecule has 0 aliphatic rings. The van der Waals surface area contributed by atoms with Gasteiger partial charge in [-0.1, -0.05) is 0 Å². The van der Waals surface area contributed by atoms with E-state index in [1.165, 1.54) is 6.07 Å². The van der Waals surface area contributed by atoms with Crippen LogP contribution in [-0.4, -0.2) is 20.3 Å². The lowest BCUT2D eigenvalue weighted by molar-refractivity contribution is 0.171. The van der Waals surface area contributed by atoms with Gasteiger partial charge in [0, 0.05) is 31.7 Å². The molecule has 0 amide bonds. The highest BCUT2D eigenvalue weighted by Crippen LogP contribution is 2.27. The Morgan fingerprint density at radius 1 is 1.35 bits per heavy atom. The number of rotatable bonds is 6. The van der Waals surface area contributed by atoms with Gasteiger partial charge >= 0.3 is 0 Å². The molecule has 0 spiro atoms. The third-order valence-corrected chi connectivity index (χ3v) is 2.53. The van der Waals surface area contributed by atoms with Crippen LogP contribution >= 0.6 is 0 Å². The number of benzene rings is 1. The van der Waals surface area contributed by atoms with Crippen molar-refractivity contribution in [2.45, 2.75) is 26.3 Å². The minimum Gasteiger partial charge on any atom is -0.493 e. The summed E-state index contributed by atoms with van der Waals surface area (Å²) in [4.78, 5) is 0. The maximum atomic E-state index is 13.4. The van der Waals surface area contributed by atoms with E-state index in [-0.39, 0.29) is 11.9 Å². The summed E-state index contributed by atoms with van der Waals surface area (Å²) in [5.74, 6) is 0.413. The fraction of sp³-hybridized carbons (Fsp3) is 0.538. The van der Waals surface area contributed by atoms with Crippen LogP contribution in [0.15, 0.2) is 12.1 Å². The molecular weight excluding hydrogens is 221 g/mol. The van der Waals surface area contributed by atoms with Crippen LogP contribution in [0.4, 0.5) is 4.39 Å². The number of hydrogen-bond acceptors (Lipinski definition) is 3. The normalized spacial score (nSPS) is 12.5. The van der Waals surface area contributed by atoms with Crippen LogP contribution in [0, 0.1) is 12.7 Å². The number of hydrogen-bond donors (Lipinski definition) is 1. The average molecular weight is 241 g/mol. The first-order valence-corrected chi connectivity index (χ1v) is 5.73. The zero-order valence-corrected chi connectivity index (χ0v) is 10.6. The fourth-order valence-corrected chi connectivity index (χ4v) is 1.54. The molecule has 1 aromatic carbocycles. The molecule has 17 heavy (non-hydrogen) atoms. The van der Waals surface area contributed by atoms with E-state index in [9.17, 15) is 4.39 Å². The van der Waals surface area contributed by atoms with E-state index in [0.29, 0.717) is 30.1 Å². The lowest BCUT2D eigenvalue weighted by atomic mass is 10.1. The van der Waals surface area contributed by atoms with Crippen molar-refractivity contribution in [2.75, 3.05) is 20.3 Å². The Balaban J connectivity index is 2.78. The van der Waals surface area contributed by atoms with Crippen molar-refractivity contribution in [3.05, 3.63) is 29.1 Å². The van der Waals surface area contributed by atoms with Crippen LogP contribution in [0.3, 0.4) is 0 Å². The Bertz CT molecular complexity index is 367. The highest BCUT2D eigenvalue weighted by atomic mass is 19.1. The van der Waals surface area contributed by atoms with Crippen LogP contribution in [0.2, 0.25) is 0 Å². The molecule has 0 saturated heterocycles. The Kier molecular flexibility index (Phi) is 5.38. The smallest absolute Gasteiger partial charge is 0.126 e. The van der Waals surface area contributed by atoms with Crippen molar-refractivity contribution < 1.29 is 13.9 Å². The SMILES string of the molecule is COCCCOc1cc(C)c(F)cc1[C@@H](C)N. The van der Waals surface area contributed by atoms with E-state index in [0.717, 1.165) is 6.42 Å². The van der Waals surface area contributed by atoms with Gasteiger partial charge in [0.05, 0.1) is 6.61 Å². The molecule has 1 atom stereocenters. The van der Waals surface area contributed by atoms with Crippen LogP contribution in [0.5, 0.6) is 5.75 Å². The molecule has 0 aromatic heterocycles. The lowest BCUT2D eigenvalue weighted by Gasteiger charge is -2.15. The minimum absolute atomic E-state index is 0.248. The van der Waals surface area contributed by atoms with Crippen LogP contribution in [0.25, 0.3) is 0 Å². The Labute approximate surface area is 102 Å². The highest BCUT2D eigenvalue weighted by Gasteiger charge is 2.11. The predicted octanol–water partition coefficient (Wildman–Crippen LogP) is 2.57. The second-order valence-corrected chi connectivity index (χ2v) is 4.12. The lowest BCUT2D eigenvalue weighted by Crippen LogP contribution is -2.10. The van der Waals surface area contributed by atoms with Crippen molar-refractivity contribution in [3.8, 4) is 5.75 Å². The van der Waals surface area contributed by atoms with Gasteiger partial charge in [0.1, 0.15) is 11.6 Å². The van der Waals surface area contributed by atoms with Crippen molar-refractivity contribution in [1.82, 2.24) is 0 Å². The van der Waals surface area contributed by atoms with Crippen molar-refractivity contribution in [1.29, 1.82) is 0 Å². The third-order valence-electron chi connectivity index (χ3n) is 2.53. The quantitative estimate of drug-likeness (QED) is 0.778. The van der Waals surface area contributed by atoms with Gasteiger partial charge in [-0.2, -0.15) is 0 Å². The molecule has 2 N–H and O–H groups in total. The van der Waals surface area contributed by atoms with E-state index < -0.39 is 0 Å². The summed E-state index contributed by atoms with van der Waals surface area (Å²) in [6.45, 7) is 4.71. The van der Waals surface area contributed by atoms with Gasteiger partial charge < -0.3 is 15.2 Å². The summed E-state index contributed by atoms with van der Waals surface area (Å²) in [7, 11) is 1.65. The maximum absolute atomic E-state index is 13.4. The first-order valence-electron chi connectivity index (χ1n) is 5.73. The van der Waals surface area contributed by atoms with Crippen LogP contribution < -0.4 is 10.5 Å². The second-order valence-electron chi connectivity index (χ2n) is 4.12. The predicted molar refractivity (Wildman–Crippen MR) is 65.7 cm³/mol. The molecule has 0 aliphatic carbocycles. The molecule has 3 nitrogen and oxygen atoms in total. The Morgan fingerprint density at radius 3 is 2.65 bits per heavy atom. The molecule has 1 rings (SSSR count). The molecule has 0 unspecified atom stereocenters. The molecule has 0 radical (unpaired) electrons. The first-order chi connectivity index (χ1) is 8.06. The Hall–Kier alpha value is -1.13. The number of methoxy groups -OCH3 is 1. The summed E-state index contributed by atoms with van der Waals surface area (Å²) in [5, 5.41) is 0. The number of aryl methyl sites for hydroxylation is 1. The highest BCUT2D eigenvalue weighted by molar-refractivity contribution is 5.39. The van der Waals surface area contributed by atoms with Crippen LogP contribution in [-0.2, 0) is 4.74 Å². The summed E-state index contributed by atoms with van der Waals surface area (Å²) < 4.78 is 24.0. The van der Waals surface area contributed by atoms with Gasteiger partial charge in [0.15, 0.2) is 0 Å². The van der Waals surface area contributed by atoms with Crippen molar-refractivity contribution in [3.63, 3.8) is 0 Å². The molecule has 4 heteroatoms. The van der Waals surface area contributed by atoms with Gasteiger partial charge in [0.2, 0.25) is 0 Å². The van der Waals surface area contributed by atoms with Crippen LogP contribution in [0.1, 0.15) is 30.5 Å². The van der Waals surface area contributed by atoms with E-state index in [1.807, 2.05) is 6.92 Å². The molecule has 0 saturated carbocycles.